The predicted molar refractivity (Wildman–Crippen MR) is 70.9 cm³/mol. The van der Waals surface area contributed by atoms with Crippen LogP contribution in [0.3, 0.4) is 0 Å². The van der Waals surface area contributed by atoms with E-state index in [1.165, 1.54) is 18.9 Å². The summed E-state index contributed by atoms with van der Waals surface area (Å²) in [5.41, 5.74) is 0.982. The lowest BCUT2D eigenvalue weighted by Crippen LogP contribution is -2.35. The highest BCUT2D eigenvalue weighted by molar-refractivity contribution is 5.51. The minimum atomic E-state index is -0.296. The minimum Gasteiger partial charge on any atom is -0.369 e. The van der Waals surface area contributed by atoms with Crippen LogP contribution in [0.2, 0.25) is 0 Å². The van der Waals surface area contributed by atoms with Gasteiger partial charge in [0.2, 0.25) is 0 Å². The Hall–Kier alpha value is -1.56. The van der Waals surface area contributed by atoms with Gasteiger partial charge in [-0.3, -0.25) is 0 Å². The fourth-order valence-electron chi connectivity index (χ4n) is 2.69. The molecule has 1 aliphatic carbocycles. The second kappa shape index (κ2) is 5.39. The number of anilines is 1. The van der Waals surface area contributed by atoms with Crippen molar-refractivity contribution >= 4 is 5.69 Å². The largest absolute Gasteiger partial charge is 0.369 e. The van der Waals surface area contributed by atoms with Gasteiger partial charge in [0, 0.05) is 13.1 Å². The Balaban J connectivity index is 2.14. The van der Waals surface area contributed by atoms with Gasteiger partial charge in [-0.15, -0.1) is 0 Å². The van der Waals surface area contributed by atoms with Crippen LogP contribution in [0.25, 0.3) is 0 Å². The standard InChI is InChI=1S/C15H19FN2/c1-11-3-6-13(7-4-11)18(2)15-8-5-12(10-17)9-14(15)16/h5,8-9,11,13H,3-4,6-7H2,1-2H3. The molecule has 1 aromatic rings. The number of nitrogens with zero attached hydrogens (tertiary/aromatic N) is 2. The van der Waals surface area contributed by atoms with Crippen molar-refractivity contribution in [3.05, 3.63) is 29.6 Å². The van der Waals surface area contributed by atoms with Crippen molar-refractivity contribution in [1.29, 1.82) is 5.26 Å². The summed E-state index contributed by atoms with van der Waals surface area (Å²) in [7, 11) is 1.95. The Kier molecular flexibility index (Phi) is 3.86. The Morgan fingerprint density at radius 2 is 1.94 bits per heavy atom. The van der Waals surface area contributed by atoms with Crippen LogP contribution in [0.4, 0.5) is 10.1 Å². The fraction of sp³-hybridized carbons (Fsp3) is 0.533. The van der Waals surface area contributed by atoms with E-state index in [0.29, 0.717) is 17.3 Å². The molecule has 0 heterocycles. The predicted octanol–water partition coefficient (Wildman–Crippen LogP) is 3.71. The van der Waals surface area contributed by atoms with E-state index in [-0.39, 0.29) is 5.82 Å². The van der Waals surface area contributed by atoms with E-state index < -0.39 is 0 Å². The van der Waals surface area contributed by atoms with Crippen LogP contribution in [-0.4, -0.2) is 13.1 Å². The molecule has 0 aliphatic heterocycles. The Morgan fingerprint density at radius 3 is 2.50 bits per heavy atom. The maximum atomic E-state index is 13.9. The molecule has 18 heavy (non-hydrogen) atoms. The monoisotopic (exact) mass is 246 g/mol. The van der Waals surface area contributed by atoms with E-state index in [1.54, 1.807) is 12.1 Å². The van der Waals surface area contributed by atoms with Crippen LogP contribution in [-0.2, 0) is 0 Å². The molecule has 2 nitrogen and oxygen atoms in total. The third-order valence-electron chi connectivity index (χ3n) is 3.99. The van der Waals surface area contributed by atoms with Crippen molar-refractivity contribution in [1.82, 2.24) is 0 Å². The van der Waals surface area contributed by atoms with Crippen molar-refractivity contribution in [2.75, 3.05) is 11.9 Å². The first-order valence-electron chi connectivity index (χ1n) is 6.54. The maximum Gasteiger partial charge on any atom is 0.147 e. The molecule has 0 N–H and O–H groups in total. The van der Waals surface area contributed by atoms with Crippen LogP contribution in [0.15, 0.2) is 18.2 Å². The number of nitriles is 1. The zero-order valence-corrected chi connectivity index (χ0v) is 11.0. The SMILES string of the molecule is CC1CCC(N(C)c2ccc(C#N)cc2F)CC1. The minimum absolute atomic E-state index is 0.296. The molecule has 0 unspecified atom stereocenters. The summed E-state index contributed by atoms with van der Waals surface area (Å²) in [6.45, 7) is 2.28. The van der Waals surface area contributed by atoms with E-state index >= 15 is 0 Å². The summed E-state index contributed by atoms with van der Waals surface area (Å²) in [4.78, 5) is 2.03. The van der Waals surface area contributed by atoms with E-state index in [2.05, 4.69) is 6.92 Å². The van der Waals surface area contributed by atoms with E-state index in [1.807, 2.05) is 18.0 Å². The van der Waals surface area contributed by atoms with Gasteiger partial charge in [-0.1, -0.05) is 6.92 Å². The lowest BCUT2D eigenvalue weighted by atomic mass is 9.86. The summed E-state index contributed by atoms with van der Waals surface area (Å²) >= 11 is 0. The van der Waals surface area contributed by atoms with Gasteiger partial charge in [0.05, 0.1) is 17.3 Å². The molecule has 0 amide bonds. The van der Waals surface area contributed by atoms with Gasteiger partial charge in [0.25, 0.3) is 0 Å². The van der Waals surface area contributed by atoms with Gasteiger partial charge < -0.3 is 4.90 Å². The lowest BCUT2D eigenvalue weighted by molar-refractivity contribution is 0.339. The molecule has 2 rings (SSSR count). The molecular weight excluding hydrogens is 227 g/mol. The van der Waals surface area contributed by atoms with Crippen molar-refractivity contribution in [3.8, 4) is 6.07 Å². The Labute approximate surface area is 108 Å². The molecule has 1 aliphatic rings. The molecule has 3 heteroatoms. The van der Waals surface area contributed by atoms with Crippen molar-refractivity contribution in [2.24, 2.45) is 5.92 Å². The average Bonchev–Trinajstić information content (AvgIpc) is 2.38. The quantitative estimate of drug-likeness (QED) is 0.795. The number of hydrogen-bond donors (Lipinski definition) is 0. The highest BCUT2D eigenvalue weighted by Gasteiger charge is 2.23. The van der Waals surface area contributed by atoms with Crippen molar-refractivity contribution in [3.63, 3.8) is 0 Å². The summed E-state index contributed by atoms with van der Waals surface area (Å²) < 4.78 is 13.9. The molecule has 0 aromatic heterocycles. The smallest absolute Gasteiger partial charge is 0.147 e. The molecule has 1 fully saturated rings. The molecule has 0 atom stereocenters. The third-order valence-corrected chi connectivity index (χ3v) is 3.99. The maximum absolute atomic E-state index is 13.9. The number of hydrogen-bond acceptors (Lipinski definition) is 2. The fourth-order valence-corrected chi connectivity index (χ4v) is 2.69. The third kappa shape index (κ3) is 2.64. The molecule has 96 valence electrons. The van der Waals surface area contributed by atoms with Gasteiger partial charge in [0.1, 0.15) is 5.82 Å². The number of halogens is 1. The zero-order chi connectivity index (χ0) is 13.1. The van der Waals surface area contributed by atoms with Gasteiger partial charge in [-0.2, -0.15) is 5.26 Å². The van der Waals surface area contributed by atoms with Gasteiger partial charge in [-0.05, 0) is 49.8 Å². The van der Waals surface area contributed by atoms with Gasteiger partial charge >= 0.3 is 0 Å². The molecule has 0 saturated heterocycles. The molecule has 0 spiro atoms. The first-order valence-corrected chi connectivity index (χ1v) is 6.54. The zero-order valence-electron chi connectivity index (χ0n) is 11.0. The normalized spacial score (nSPS) is 23.4. The van der Waals surface area contributed by atoms with E-state index in [0.717, 1.165) is 18.8 Å². The molecule has 1 aromatic carbocycles. The number of benzene rings is 1. The van der Waals surface area contributed by atoms with Crippen LogP contribution in [0.1, 0.15) is 38.2 Å². The molecular formula is C15H19FN2. The average molecular weight is 246 g/mol. The first-order chi connectivity index (χ1) is 8.61. The van der Waals surface area contributed by atoms with Crippen molar-refractivity contribution in [2.45, 2.75) is 38.6 Å². The lowest BCUT2D eigenvalue weighted by Gasteiger charge is -2.35. The summed E-state index contributed by atoms with van der Waals surface area (Å²) in [6.07, 6.45) is 4.67. The topological polar surface area (TPSA) is 27.0 Å². The van der Waals surface area contributed by atoms with Crippen LogP contribution in [0.5, 0.6) is 0 Å². The number of rotatable bonds is 2. The van der Waals surface area contributed by atoms with Crippen molar-refractivity contribution < 1.29 is 4.39 Å². The summed E-state index contributed by atoms with van der Waals surface area (Å²) in [5.74, 6) is 0.496. The first kappa shape index (κ1) is 12.9. The molecule has 1 saturated carbocycles. The van der Waals surface area contributed by atoms with Gasteiger partial charge in [-0.25, -0.2) is 4.39 Å². The highest BCUT2D eigenvalue weighted by Crippen LogP contribution is 2.30. The van der Waals surface area contributed by atoms with E-state index in [4.69, 9.17) is 5.26 Å². The molecule has 0 bridgehead atoms. The highest BCUT2D eigenvalue weighted by atomic mass is 19.1. The summed E-state index contributed by atoms with van der Waals surface area (Å²) in [5, 5.41) is 8.74. The van der Waals surface area contributed by atoms with Crippen LogP contribution >= 0.6 is 0 Å². The second-order valence-electron chi connectivity index (χ2n) is 5.30. The Morgan fingerprint density at radius 1 is 1.28 bits per heavy atom. The van der Waals surface area contributed by atoms with Gasteiger partial charge in [0.15, 0.2) is 0 Å². The summed E-state index contributed by atoms with van der Waals surface area (Å²) in [6, 6.07) is 7.09. The molecule has 0 radical (unpaired) electrons. The Bertz CT molecular complexity index is 456. The van der Waals surface area contributed by atoms with Crippen LogP contribution < -0.4 is 4.90 Å². The van der Waals surface area contributed by atoms with E-state index in [9.17, 15) is 4.39 Å². The second-order valence-corrected chi connectivity index (χ2v) is 5.30. The van der Waals surface area contributed by atoms with Crippen LogP contribution in [0, 0.1) is 23.1 Å².